The summed E-state index contributed by atoms with van der Waals surface area (Å²) in [7, 11) is 1.69. The third kappa shape index (κ3) is 3.65. The molecule has 0 aliphatic heterocycles. The molecule has 3 N–H and O–H groups in total. The van der Waals surface area contributed by atoms with E-state index in [1.807, 2.05) is 24.3 Å². The first-order chi connectivity index (χ1) is 10.1. The van der Waals surface area contributed by atoms with E-state index >= 15 is 0 Å². The predicted molar refractivity (Wildman–Crippen MR) is 85.9 cm³/mol. The molecule has 0 aromatic heterocycles. The Bertz CT molecular complexity index is 431. The molecule has 1 aliphatic rings. The minimum absolute atomic E-state index is 0.151. The van der Waals surface area contributed by atoms with Crippen LogP contribution in [0.25, 0.3) is 0 Å². The van der Waals surface area contributed by atoms with Gasteiger partial charge in [0.1, 0.15) is 0 Å². The summed E-state index contributed by atoms with van der Waals surface area (Å²) in [4.78, 5) is 0. The van der Waals surface area contributed by atoms with Gasteiger partial charge in [0.2, 0.25) is 0 Å². The summed E-state index contributed by atoms with van der Waals surface area (Å²) in [6.07, 6.45) is 5.24. The molecule has 0 saturated heterocycles. The van der Waals surface area contributed by atoms with E-state index in [-0.39, 0.29) is 5.41 Å². The minimum atomic E-state index is -0.464. The number of methoxy groups -OCH3 is 1. The number of nitrogens with two attached hydrogens (primary N) is 1. The summed E-state index contributed by atoms with van der Waals surface area (Å²) in [5.41, 5.74) is 8.05. The highest BCUT2D eigenvalue weighted by Crippen LogP contribution is 2.48. The number of aliphatic hydroxyl groups is 1. The van der Waals surface area contributed by atoms with Gasteiger partial charge in [0.15, 0.2) is 0 Å². The molecule has 1 fully saturated rings. The average Bonchev–Trinajstić information content (AvgIpc) is 2.55. The second-order valence-corrected chi connectivity index (χ2v) is 6.51. The molecule has 3 atom stereocenters. The van der Waals surface area contributed by atoms with Gasteiger partial charge < -0.3 is 15.6 Å². The number of hydrogen-bond acceptors (Lipinski definition) is 3. The van der Waals surface area contributed by atoms with E-state index in [2.05, 4.69) is 6.92 Å². The number of rotatable bonds is 6. The number of hydrogen-bond donors (Lipinski definition) is 2. The highest BCUT2D eigenvalue weighted by Gasteiger charge is 2.41. The van der Waals surface area contributed by atoms with Crippen LogP contribution in [0.15, 0.2) is 24.3 Å². The fourth-order valence-corrected chi connectivity index (χ4v) is 3.73. The lowest BCUT2D eigenvalue weighted by molar-refractivity contribution is -0.0162. The van der Waals surface area contributed by atoms with Crippen molar-refractivity contribution >= 4 is 0 Å². The Morgan fingerprint density at radius 1 is 1.38 bits per heavy atom. The zero-order valence-corrected chi connectivity index (χ0v) is 13.3. The molecular formula is C18H29NO2. The lowest BCUT2D eigenvalue weighted by atomic mass is 9.64. The van der Waals surface area contributed by atoms with Crippen LogP contribution in [0.5, 0.6) is 0 Å². The topological polar surface area (TPSA) is 55.5 Å². The van der Waals surface area contributed by atoms with Gasteiger partial charge in [-0.3, -0.25) is 0 Å². The Balaban J connectivity index is 2.16. The first-order valence-corrected chi connectivity index (χ1v) is 8.11. The number of benzene rings is 1. The van der Waals surface area contributed by atoms with Gasteiger partial charge >= 0.3 is 0 Å². The summed E-state index contributed by atoms with van der Waals surface area (Å²) in [6.45, 7) is 3.41. The van der Waals surface area contributed by atoms with Crippen LogP contribution in [0.3, 0.4) is 0 Å². The quantitative estimate of drug-likeness (QED) is 0.844. The van der Waals surface area contributed by atoms with Gasteiger partial charge in [0.05, 0.1) is 12.7 Å². The van der Waals surface area contributed by atoms with Gasteiger partial charge in [-0.15, -0.1) is 0 Å². The Morgan fingerprint density at radius 2 is 2.10 bits per heavy atom. The maximum atomic E-state index is 10.9. The molecule has 3 heteroatoms. The normalized spacial score (nSPS) is 27.5. The van der Waals surface area contributed by atoms with Gasteiger partial charge in [0, 0.05) is 19.1 Å². The van der Waals surface area contributed by atoms with Gasteiger partial charge in [0.25, 0.3) is 0 Å². The van der Waals surface area contributed by atoms with Crippen molar-refractivity contribution in [1.82, 2.24) is 0 Å². The third-order valence-corrected chi connectivity index (χ3v) is 5.15. The fraction of sp³-hybridized carbons (Fsp3) is 0.667. The van der Waals surface area contributed by atoms with E-state index in [9.17, 15) is 5.11 Å². The maximum Gasteiger partial charge on any atom is 0.0858 e. The van der Waals surface area contributed by atoms with Crippen LogP contribution >= 0.6 is 0 Å². The second kappa shape index (κ2) is 7.39. The molecule has 3 unspecified atom stereocenters. The molecule has 0 bridgehead atoms. The van der Waals surface area contributed by atoms with Crippen molar-refractivity contribution in [3.8, 4) is 0 Å². The van der Waals surface area contributed by atoms with E-state index in [1.165, 1.54) is 19.3 Å². The van der Waals surface area contributed by atoms with Gasteiger partial charge in [-0.1, -0.05) is 50.5 Å². The molecule has 1 saturated carbocycles. The van der Waals surface area contributed by atoms with Crippen molar-refractivity contribution in [3.63, 3.8) is 0 Å². The zero-order valence-electron chi connectivity index (χ0n) is 13.3. The molecule has 0 amide bonds. The fourth-order valence-electron chi connectivity index (χ4n) is 3.73. The van der Waals surface area contributed by atoms with Crippen molar-refractivity contribution < 1.29 is 9.84 Å². The van der Waals surface area contributed by atoms with Crippen molar-refractivity contribution in [2.75, 3.05) is 13.7 Å². The molecular weight excluding hydrogens is 262 g/mol. The highest BCUT2D eigenvalue weighted by atomic mass is 16.5. The van der Waals surface area contributed by atoms with Crippen LogP contribution < -0.4 is 5.73 Å². The zero-order chi connectivity index (χ0) is 15.3. The van der Waals surface area contributed by atoms with Crippen LogP contribution in [0.4, 0.5) is 0 Å². The Kier molecular flexibility index (Phi) is 5.80. The molecule has 118 valence electrons. The molecule has 0 spiro atoms. The van der Waals surface area contributed by atoms with Crippen LogP contribution in [0.1, 0.15) is 56.3 Å². The van der Waals surface area contributed by atoms with Crippen LogP contribution in [0, 0.1) is 11.3 Å². The SMILES string of the molecule is CCC1CCCC(CN)(C(O)c2ccc(COC)cc2)C1. The van der Waals surface area contributed by atoms with E-state index < -0.39 is 6.10 Å². The van der Waals surface area contributed by atoms with Crippen molar-refractivity contribution in [1.29, 1.82) is 0 Å². The monoisotopic (exact) mass is 291 g/mol. The lowest BCUT2D eigenvalue weighted by Crippen LogP contribution is -2.41. The summed E-state index contributed by atoms with van der Waals surface area (Å²) < 4.78 is 5.13. The van der Waals surface area contributed by atoms with Gasteiger partial charge in [-0.2, -0.15) is 0 Å². The summed E-state index contributed by atoms with van der Waals surface area (Å²) >= 11 is 0. The molecule has 1 aliphatic carbocycles. The standard InChI is InChI=1S/C18H29NO2/c1-3-14-5-4-10-18(11-14,13-19)17(20)16-8-6-15(7-9-16)12-21-2/h6-9,14,17,20H,3-5,10-13,19H2,1-2H3. The van der Waals surface area contributed by atoms with Gasteiger partial charge in [-0.05, 0) is 29.9 Å². The average molecular weight is 291 g/mol. The van der Waals surface area contributed by atoms with E-state index in [4.69, 9.17) is 10.5 Å². The first kappa shape index (κ1) is 16.5. The lowest BCUT2D eigenvalue weighted by Gasteiger charge is -2.43. The summed E-state index contributed by atoms with van der Waals surface area (Å²) in [5, 5.41) is 10.9. The number of aliphatic hydroxyl groups excluding tert-OH is 1. The maximum absolute atomic E-state index is 10.9. The predicted octanol–water partition coefficient (Wildman–Crippen LogP) is 3.41. The van der Waals surface area contributed by atoms with Gasteiger partial charge in [-0.25, -0.2) is 0 Å². The summed E-state index contributed by atoms with van der Waals surface area (Å²) in [5.74, 6) is 0.699. The molecule has 2 rings (SSSR count). The molecule has 0 heterocycles. The van der Waals surface area contributed by atoms with Crippen molar-refractivity contribution in [2.45, 2.75) is 51.7 Å². The molecule has 21 heavy (non-hydrogen) atoms. The molecule has 1 aromatic rings. The highest BCUT2D eigenvalue weighted by molar-refractivity contribution is 5.25. The molecule has 0 radical (unpaired) electrons. The van der Waals surface area contributed by atoms with E-state index in [0.717, 1.165) is 24.0 Å². The van der Waals surface area contributed by atoms with Crippen LogP contribution in [0.2, 0.25) is 0 Å². The third-order valence-electron chi connectivity index (χ3n) is 5.15. The minimum Gasteiger partial charge on any atom is -0.388 e. The largest absolute Gasteiger partial charge is 0.388 e. The van der Waals surface area contributed by atoms with Crippen molar-refractivity contribution in [2.24, 2.45) is 17.1 Å². The van der Waals surface area contributed by atoms with Crippen molar-refractivity contribution in [3.05, 3.63) is 35.4 Å². The van der Waals surface area contributed by atoms with E-state index in [0.29, 0.717) is 19.1 Å². The Labute approximate surface area is 128 Å². The van der Waals surface area contributed by atoms with Crippen LogP contribution in [-0.2, 0) is 11.3 Å². The van der Waals surface area contributed by atoms with E-state index in [1.54, 1.807) is 7.11 Å². The molecule has 1 aromatic carbocycles. The Hall–Kier alpha value is -0.900. The Morgan fingerprint density at radius 3 is 2.67 bits per heavy atom. The second-order valence-electron chi connectivity index (χ2n) is 6.51. The molecule has 3 nitrogen and oxygen atoms in total. The smallest absolute Gasteiger partial charge is 0.0858 e. The van der Waals surface area contributed by atoms with Crippen LogP contribution in [-0.4, -0.2) is 18.8 Å². The summed E-state index contributed by atoms with van der Waals surface area (Å²) in [6, 6.07) is 8.11. The first-order valence-electron chi connectivity index (χ1n) is 8.11. The number of ether oxygens (including phenoxy) is 1.